The van der Waals surface area contributed by atoms with Gasteiger partial charge >= 0.3 is 0 Å². The highest BCUT2D eigenvalue weighted by atomic mass is 16.3. The molecule has 3 nitrogen and oxygen atoms in total. The van der Waals surface area contributed by atoms with Gasteiger partial charge in [0, 0.05) is 6.08 Å². The molecule has 2 rings (SSSR count). The standard InChI is InChI=1S/C11H11NO2/c1-7-4-3-5-9-11(7)14-10(12-9)6-8(2)13/h3-6,13H,1-2H3/b8-6-. The van der Waals surface area contributed by atoms with E-state index in [4.69, 9.17) is 9.52 Å². The number of oxazole rings is 1. The molecule has 0 bridgehead atoms. The summed E-state index contributed by atoms with van der Waals surface area (Å²) < 4.78 is 5.46. The fraction of sp³-hybridized carbons (Fsp3) is 0.182. The van der Waals surface area contributed by atoms with Gasteiger partial charge in [-0.2, -0.15) is 0 Å². The predicted octanol–water partition coefficient (Wildman–Crippen LogP) is 3.06. The van der Waals surface area contributed by atoms with Crippen LogP contribution >= 0.6 is 0 Å². The third-order valence-electron chi connectivity index (χ3n) is 1.96. The molecule has 0 saturated carbocycles. The van der Waals surface area contributed by atoms with Crippen LogP contribution in [0.5, 0.6) is 0 Å². The summed E-state index contributed by atoms with van der Waals surface area (Å²) in [6.45, 7) is 3.55. The zero-order valence-corrected chi connectivity index (χ0v) is 8.11. The van der Waals surface area contributed by atoms with E-state index in [1.54, 1.807) is 6.92 Å². The molecular weight excluding hydrogens is 178 g/mol. The van der Waals surface area contributed by atoms with Gasteiger partial charge in [0.1, 0.15) is 5.52 Å². The quantitative estimate of drug-likeness (QED) is 0.701. The van der Waals surface area contributed by atoms with Gasteiger partial charge in [0.05, 0.1) is 5.76 Å². The number of aryl methyl sites for hydroxylation is 1. The summed E-state index contributed by atoms with van der Waals surface area (Å²) >= 11 is 0. The summed E-state index contributed by atoms with van der Waals surface area (Å²) in [4.78, 5) is 4.21. The second-order valence-corrected chi connectivity index (χ2v) is 3.26. The number of aliphatic hydroxyl groups is 1. The zero-order chi connectivity index (χ0) is 10.1. The molecule has 0 spiro atoms. The molecular formula is C11H11NO2. The SMILES string of the molecule is C/C(O)=C/c1nc2cccc(C)c2o1. The van der Waals surface area contributed by atoms with Crippen molar-refractivity contribution < 1.29 is 9.52 Å². The van der Waals surface area contributed by atoms with Crippen LogP contribution in [0.25, 0.3) is 17.2 Å². The minimum Gasteiger partial charge on any atom is -0.512 e. The molecule has 1 heterocycles. The molecule has 72 valence electrons. The van der Waals surface area contributed by atoms with Crippen LogP contribution < -0.4 is 0 Å². The Kier molecular flexibility index (Phi) is 2.00. The molecule has 0 radical (unpaired) electrons. The van der Waals surface area contributed by atoms with Gasteiger partial charge in [0.15, 0.2) is 5.58 Å². The van der Waals surface area contributed by atoms with E-state index in [9.17, 15) is 0 Å². The molecule has 0 unspecified atom stereocenters. The van der Waals surface area contributed by atoms with E-state index < -0.39 is 0 Å². The van der Waals surface area contributed by atoms with Crippen molar-refractivity contribution in [1.29, 1.82) is 0 Å². The maximum absolute atomic E-state index is 9.06. The number of fused-ring (bicyclic) bond motifs is 1. The number of nitrogens with zero attached hydrogens (tertiary/aromatic N) is 1. The minimum atomic E-state index is 0.189. The molecule has 3 heteroatoms. The summed E-state index contributed by atoms with van der Waals surface area (Å²) in [5, 5.41) is 9.06. The number of para-hydroxylation sites is 1. The summed E-state index contributed by atoms with van der Waals surface area (Å²) in [5.74, 6) is 0.628. The first-order valence-corrected chi connectivity index (χ1v) is 4.40. The first-order chi connectivity index (χ1) is 6.66. The van der Waals surface area contributed by atoms with Gasteiger partial charge in [0.2, 0.25) is 5.89 Å². The van der Waals surface area contributed by atoms with E-state index in [0.717, 1.165) is 16.7 Å². The number of hydrogen-bond acceptors (Lipinski definition) is 3. The number of benzene rings is 1. The third-order valence-corrected chi connectivity index (χ3v) is 1.96. The first kappa shape index (κ1) is 8.81. The van der Waals surface area contributed by atoms with Crippen molar-refractivity contribution in [1.82, 2.24) is 4.98 Å². The highest BCUT2D eigenvalue weighted by molar-refractivity contribution is 5.77. The van der Waals surface area contributed by atoms with Crippen LogP contribution in [0.2, 0.25) is 0 Å². The van der Waals surface area contributed by atoms with Gasteiger partial charge in [-0.1, -0.05) is 12.1 Å². The molecule has 0 aliphatic heterocycles. The van der Waals surface area contributed by atoms with Crippen molar-refractivity contribution in [2.75, 3.05) is 0 Å². The van der Waals surface area contributed by atoms with E-state index >= 15 is 0 Å². The van der Waals surface area contributed by atoms with Crippen molar-refractivity contribution >= 4 is 17.2 Å². The van der Waals surface area contributed by atoms with E-state index in [1.165, 1.54) is 6.08 Å². The molecule has 0 aliphatic rings. The average molecular weight is 189 g/mol. The lowest BCUT2D eigenvalue weighted by Crippen LogP contribution is -1.73. The van der Waals surface area contributed by atoms with E-state index in [1.807, 2.05) is 25.1 Å². The summed E-state index contributed by atoms with van der Waals surface area (Å²) in [7, 11) is 0. The average Bonchev–Trinajstić information content (AvgIpc) is 2.47. The first-order valence-electron chi connectivity index (χ1n) is 4.40. The van der Waals surface area contributed by atoms with Gasteiger partial charge in [-0.25, -0.2) is 4.98 Å². The smallest absolute Gasteiger partial charge is 0.223 e. The molecule has 1 N–H and O–H groups in total. The van der Waals surface area contributed by atoms with Gasteiger partial charge in [-0.15, -0.1) is 0 Å². The summed E-state index contributed by atoms with van der Waals surface area (Å²) in [6.07, 6.45) is 1.50. The Morgan fingerprint density at radius 1 is 1.50 bits per heavy atom. The van der Waals surface area contributed by atoms with Gasteiger partial charge < -0.3 is 9.52 Å². The minimum absolute atomic E-state index is 0.189. The second-order valence-electron chi connectivity index (χ2n) is 3.26. The molecule has 1 aromatic heterocycles. The largest absolute Gasteiger partial charge is 0.512 e. The van der Waals surface area contributed by atoms with Gasteiger partial charge in [-0.05, 0) is 25.5 Å². The Labute approximate surface area is 81.7 Å². The van der Waals surface area contributed by atoms with Crippen LogP contribution in [0.1, 0.15) is 18.4 Å². The third kappa shape index (κ3) is 1.48. The Balaban J connectivity index is 2.63. The molecule has 2 aromatic rings. The predicted molar refractivity (Wildman–Crippen MR) is 55.0 cm³/mol. The van der Waals surface area contributed by atoms with Gasteiger partial charge in [0.25, 0.3) is 0 Å². The monoisotopic (exact) mass is 189 g/mol. The normalized spacial score (nSPS) is 12.3. The topological polar surface area (TPSA) is 46.3 Å². The maximum atomic E-state index is 9.06. The molecule has 0 atom stereocenters. The molecule has 0 aliphatic carbocycles. The Hall–Kier alpha value is -1.77. The lowest BCUT2D eigenvalue weighted by atomic mass is 10.2. The van der Waals surface area contributed by atoms with Crippen molar-refractivity contribution in [3.63, 3.8) is 0 Å². The lowest BCUT2D eigenvalue weighted by molar-refractivity contribution is 0.417. The Bertz CT molecular complexity index is 493. The van der Waals surface area contributed by atoms with Crippen LogP contribution in [0.3, 0.4) is 0 Å². The summed E-state index contributed by atoms with van der Waals surface area (Å²) in [6, 6.07) is 5.78. The van der Waals surface area contributed by atoms with Crippen LogP contribution in [0, 0.1) is 6.92 Å². The fourth-order valence-electron chi connectivity index (χ4n) is 1.34. The molecule has 0 fully saturated rings. The lowest BCUT2D eigenvalue weighted by Gasteiger charge is -1.89. The van der Waals surface area contributed by atoms with Crippen molar-refractivity contribution in [3.8, 4) is 0 Å². The van der Waals surface area contributed by atoms with E-state index in [0.29, 0.717) is 5.89 Å². The summed E-state index contributed by atoms with van der Waals surface area (Å²) in [5.41, 5.74) is 2.64. The number of hydrogen-bond donors (Lipinski definition) is 1. The number of aromatic nitrogens is 1. The highest BCUT2D eigenvalue weighted by Gasteiger charge is 2.05. The van der Waals surface area contributed by atoms with Crippen LogP contribution in [0.15, 0.2) is 28.4 Å². The molecule has 0 amide bonds. The number of rotatable bonds is 1. The van der Waals surface area contributed by atoms with Crippen LogP contribution in [-0.4, -0.2) is 10.1 Å². The molecule has 1 aromatic carbocycles. The molecule has 14 heavy (non-hydrogen) atoms. The van der Waals surface area contributed by atoms with Crippen molar-refractivity contribution in [2.24, 2.45) is 0 Å². The van der Waals surface area contributed by atoms with E-state index in [2.05, 4.69) is 4.98 Å². The van der Waals surface area contributed by atoms with Crippen LogP contribution in [-0.2, 0) is 0 Å². The number of allylic oxidation sites excluding steroid dienone is 1. The fourth-order valence-corrected chi connectivity index (χ4v) is 1.34. The molecule has 0 saturated heterocycles. The van der Waals surface area contributed by atoms with Crippen LogP contribution in [0.4, 0.5) is 0 Å². The van der Waals surface area contributed by atoms with Crippen molar-refractivity contribution in [2.45, 2.75) is 13.8 Å². The van der Waals surface area contributed by atoms with Gasteiger partial charge in [-0.3, -0.25) is 0 Å². The number of aliphatic hydroxyl groups excluding tert-OH is 1. The van der Waals surface area contributed by atoms with E-state index in [-0.39, 0.29) is 5.76 Å². The van der Waals surface area contributed by atoms with Crippen molar-refractivity contribution in [3.05, 3.63) is 35.4 Å². The Morgan fingerprint density at radius 3 is 2.93 bits per heavy atom. The zero-order valence-electron chi connectivity index (χ0n) is 8.11. The maximum Gasteiger partial charge on any atom is 0.223 e. The Morgan fingerprint density at radius 2 is 2.29 bits per heavy atom. The second kappa shape index (κ2) is 3.18. The highest BCUT2D eigenvalue weighted by Crippen LogP contribution is 2.20.